The Bertz CT molecular complexity index is 1170. The maximum Gasteiger partial charge on any atom is 0.459 e. The molecule has 0 saturated carbocycles. The van der Waals surface area contributed by atoms with Crippen LogP contribution in [0.5, 0.6) is 0 Å². The van der Waals surface area contributed by atoms with Gasteiger partial charge in [-0.15, -0.1) is 22.0 Å². The average molecular weight is 499 g/mol. The zero-order valence-electron chi connectivity index (χ0n) is 17.0. The van der Waals surface area contributed by atoms with Gasteiger partial charge in [-0.05, 0) is 53.3 Å². The summed E-state index contributed by atoms with van der Waals surface area (Å²) in [5.41, 5.74) is 0.895. The lowest BCUT2D eigenvalue weighted by molar-refractivity contribution is -0.249. The van der Waals surface area contributed by atoms with E-state index < -0.39 is 30.3 Å². The van der Waals surface area contributed by atoms with Gasteiger partial charge < -0.3 is 0 Å². The van der Waals surface area contributed by atoms with Crippen LogP contribution >= 0.6 is 23.4 Å². The quantitative estimate of drug-likeness (QED) is 0.280. The minimum atomic E-state index is -5.76. The fourth-order valence-corrected chi connectivity index (χ4v) is 3.98. The van der Waals surface area contributed by atoms with E-state index in [1.165, 1.54) is 12.1 Å². The Kier molecular flexibility index (Phi) is 6.32. The van der Waals surface area contributed by atoms with Crippen LogP contribution in [0.15, 0.2) is 70.7 Å². The number of nitrogens with zero attached hydrogens (tertiary/aromatic N) is 4. The predicted molar refractivity (Wildman–Crippen MR) is 119 cm³/mol. The summed E-state index contributed by atoms with van der Waals surface area (Å²) in [4.78, 5) is 1.07. The molecular weight excluding hydrogens is 483 g/mol. The van der Waals surface area contributed by atoms with Gasteiger partial charge >= 0.3 is 12.1 Å². The van der Waals surface area contributed by atoms with Crippen LogP contribution < -0.4 is 5.01 Å². The van der Waals surface area contributed by atoms with E-state index in [0.717, 1.165) is 21.0 Å². The van der Waals surface area contributed by atoms with Crippen LogP contribution in [0.2, 0.25) is 5.15 Å². The smallest absolute Gasteiger partial charge is 0.238 e. The van der Waals surface area contributed by atoms with E-state index in [2.05, 4.69) is 15.3 Å². The topological polar surface area (TPSA) is 41.4 Å². The van der Waals surface area contributed by atoms with Crippen LogP contribution in [0.25, 0.3) is 11.1 Å². The summed E-state index contributed by atoms with van der Waals surface area (Å²) in [6.07, 6.45) is -4.44. The van der Waals surface area contributed by atoms with Crippen molar-refractivity contribution in [2.24, 2.45) is 5.10 Å². The van der Waals surface area contributed by atoms with Gasteiger partial charge in [0.15, 0.2) is 11.0 Å². The van der Waals surface area contributed by atoms with Crippen molar-refractivity contribution in [2.75, 3.05) is 11.3 Å². The van der Waals surface area contributed by atoms with E-state index in [1.807, 2.05) is 36.6 Å². The van der Waals surface area contributed by atoms with E-state index in [4.69, 9.17) is 11.6 Å². The molecule has 2 aromatic carbocycles. The number of benzene rings is 2. The SMILES string of the molecule is CSc1ccc(-c2cccc(C3CC(C(F)(F)C(F)(F)F)=NN3c3ccc(Cl)nn3)c2)cc1. The first-order valence-electron chi connectivity index (χ1n) is 9.65. The van der Waals surface area contributed by atoms with Crippen LogP contribution in [-0.4, -0.2) is 34.3 Å². The van der Waals surface area contributed by atoms with Crippen molar-refractivity contribution in [3.63, 3.8) is 0 Å². The monoisotopic (exact) mass is 498 g/mol. The van der Waals surface area contributed by atoms with E-state index in [0.29, 0.717) is 5.56 Å². The summed E-state index contributed by atoms with van der Waals surface area (Å²) >= 11 is 7.34. The molecular formula is C22H16ClF5N4S. The third kappa shape index (κ3) is 4.67. The maximum absolute atomic E-state index is 14.2. The molecule has 0 aliphatic carbocycles. The van der Waals surface area contributed by atoms with Crippen molar-refractivity contribution in [1.29, 1.82) is 0 Å². The second-order valence-electron chi connectivity index (χ2n) is 7.25. The van der Waals surface area contributed by atoms with Crippen LogP contribution in [0.1, 0.15) is 18.0 Å². The highest BCUT2D eigenvalue weighted by molar-refractivity contribution is 7.98. The van der Waals surface area contributed by atoms with Crippen LogP contribution in [0.4, 0.5) is 27.8 Å². The number of hydrogen-bond donors (Lipinski definition) is 0. The van der Waals surface area contributed by atoms with Crippen LogP contribution in [0.3, 0.4) is 0 Å². The fraction of sp³-hybridized carbons (Fsp3) is 0.227. The first kappa shape index (κ1) is 23.4. The minimum Gasteiger partial charge on any atom is -0.238 e. The zero-order chi connectivity index (χ0) is 23.8. The maximum atomic E-state index is 14.2. The highest BCUT2D eigenvalue weighted by Crippen LogP contribution is 2.44. The summed E-state index contributed by atoms with van der Waals surface area (Å²) in [6, 6.07) is 16.5. The molecule has 0 bridgehead atoms. The second kappa shape index (κ2) is 8.90. The van der Waals surface area contributed by atoms with Crippen molar-refractivity contribution in [3.05, 3.63) is 71.4 Å². The van der Waals surface area contributed by atoms with Gasteiger partial charge in [0.1, 0.15) is 5.71 Å². The molecule has 3 aromatic rings. The molecule has 172 valence electrons. The predicted octanol–water partition coefficient (Wildman–Crippen LogP) is 7.02. The Morgan fingerprint density at radius 3 is 2.27 bits per heavy atom. The lowest BCUT2D eigenvalue weighted by Gasteiger charge is -2.23. The largest absolute Gasteiger partial charge is 0.459 e. The van der Waals surface area contributed by atoms with Gasteiger partial charge in [0.2, 0.25) is 0 Å². The number of rotatable bonds is 5. The lowest BCUT2D eigenvalue weighted by Crippen LogP contribution is -2.43. The molecule has 0 N–H and O–H groups in total. The molecule has 33 heavy (non-hydrogen) atoms. The molecule has 0 spiro atoms. The third-order valence-electron chi connectivity index (χ3n) is 5.18. The molecule has 1 aromatic heterocycles. The Morgan fingerprint density at radius 2 is 1.67 bits per heavy atom. The normalized spacial score (nSPS) is 16.8. The first-order chi connectivity index (χ1) is 15.6. The van der Waals surface area contributed by atoms with Crippen molar-refractivity contribution in [1.82, 2.24) is 10.2 Å². The van der Waals surface area contributed by atoms with Gasteiger partial charge in [-0.2, -0.15) is 27.1 Å². The number of alkyl halides is 5. The zero-order valence-corrected chi connectivity index (χ0v) is 18.6. The molecule has 4 rings (SSSR count). The standard InChI is InChI=1S/C22H16ClF5N4S/c1-33-16-7-5-13(6-8-16)14-3-2-4-15(11-14)17-12-18(21(24,25)22(26,27)28)31-32(17)20-10-9-19(23)29-30-20/h2-11,17H,12H2,1H3. The number of aromatic nitrogens is 2. The van der Waals surface area contributed by atoms with E-state index in [1.54, 1.807) is 30.0 Å². The molecule has 0 amide bonds. The number of anilines is 1. The molecule has 4 nitrogen and oxygen atoms in total. The number of halogens is 6. The van der Waals surface area contributed by atoms with E-state index in [-0.39, 0.29) is 11.0 Å². The second-order valence-corrected chi connectivity index (χ2v) is 8.52. The summed E-state index contributed by atoms with van der Waals surface area (Å²) in [5, 5.41) is 12.2. The van der Waals surface area contributed by atoms with Crippen LogP contribution in [0, 0.1) is 0 Å². The lowest BCUT2D eigenvalue weighted by atomic mass is 9.95. The van der Waals surface area contributed by atoms with Gasteiger partial charge in [0.05, 0.1) is 6.04 Å². The van der Waals surface area contributed by atoms with Gasteiger partial charge in [-0.3, -0.25) is 0 Å². The molecule has 0 saturated heterocycles. The Morgan fingerprint density at radius 1 is 0.939 bits per heavy atom. The molecule has 1 atom stereocenters. The van der Waals surface area contributed by atoms with E-state index >= 15 is 0 Å². The van der Waals surface area contributed by atoms with Crippen molar-refractivity contribution in [3.8, 4) is 11.1 Å². The summed E-state index contributed by atoms with van der Waals surface area (Å²) in [7, 11) is 0. The number of hydrazone groups is 1. The van der Waals surface area contributed by atoms with E-state index in [9.17, 15) is 22.0 Å². The Hall–Kier alpha value is -2.72. The summed E-state index contributed by atoms with van der Waals surface area (Å²) in [6.45, 7) is 0. The average Bonchev–Trinajstić information content (AvgIpc) is 3.25. The van der Waals surface area contributed by atoms with Gasteiger partial charge in [0, 0.05) is 11.3 Å². The Balaban J connectivity index is 1.74. The molecule has 1 aliphatic heterocycles. The highest BCUT2D eigenvalue weighted by Gasteiger charge is 2.63. The molecule has 0 radical (unpaired) electrons. The first-order valence-corrected chi connectivity index (χ1v) is 11.3. The fourth-order valence-electron chi connectivity index (χ4n) is 3.47. The molecule has 0 fully saturated rings. The minimum absolute atomic E-state index is 0.00658. The van der Waals surface area contributed by atoms with Gasteiger partial charge in [-0.1, -0.05) is 41.9 Å². The van der Waals surface area contributed by atoms with Crippen LogP contribution in [-0.2, 0) is 0 Å². The summed E-state index contributed by atoms with van der Waals surface area (Å²) < 4.78 is 67.4. The molecule has 1 aliphatic rings. The van der Waals surface area contributed by atoms with Gasteiger partial charge in [0.25, 0.3) is 0 Å². The highest BCUT2D eigenvalue weighted by atomic mass is 35.5. The molecule has 11 heteroatoms. The van der Waals surface area contributed by atoms with Crippen molar-refractivity contribution < 1.29 is 22.0 Å². The molecule has 1 unspecified atom stereocenters. The summed E-state index contributed by atoms with van der Waals surface area (Å²) in [5.74, 6) is -5.07. The molecule has 2 heterocycles. The van der Waals surface area contributed by atoms with Crippen molar-refractivity contribution in [2.45, 2.75) is 29.5 Å². The Labute approximate surface area is 195 Å². The van der Waals surface area contributed by atoms with Gasteiger partial charge in [-0.25, -0.2) is 5.01 Å². The third-order valence-corrected chi connectivity index (χ3v) is 6.12. The number of thioether (sulfide) groups is 1. The van der Waals surface area contributed by atoms with Crippen molar-refractivity contribution >= 4 is 34.9 Å². The number of hydrogen-bond acceptors (Lipinski definition) is 5.